The summed E-state index contributed by atoms with van der Waals surface area (Å²) in [6.07, 6.45) is 29.3. The Balaban J connectivity index is 1.18. The molecule has 2 heteroatoms. The topological polar surface area (TPSA) is 0 Å². The second-order valence-corrected chi connectivity index (χ2v) is 19.0. The molecule has 2 aromatic carbocycles. The summed E-state index contributed by atoms with van der Waals surface area (Å²) in [5.74, 6) is 4.16. The zero-order chi connectivity index (χ0) is 27.3. The van der Waals surface area contributed by atoms with Crippen molar-refractivity contribution in [3.05, 3.63) is 120 Å². The van der Waals surface area contributed by atoms with E-state index < -0.39 is 7.92 Å². The second-order valence-electron chi connectivity index (χ2n) is 13.7. The third-order valence-corrected chi connectivity index (χ3v) is 18.3. The average molecular weight is 575 g/mol. The molecule has 8 atom stereocenters. The van der Waals surface area contributed by atoms with Crippen LogP contribution in [0.1, 0.15) is 58.3 Å². The fraction of sp³-hybridized carbons (Fsp3) is 0.436. The molecule has 4 bridgehead atoms. The summed E-state index contributed by atoms with van der Waals surface area (Å²) in [5.41, 5.74) is 7.94. The first-order chi connectivity index (χ1) is 20.2. The van der Waals surface area contributed by atoms with Gasteiger partial charge in [-0.3, -0.25) is 0 Å². The van der Waals surface area contributed by atoms with Gasteiger partial charge < -0.3 is 0 Å². The van der Waals surface area contributed by atoms with Crippen LogP contribution in [0.4, 0.5) is 0 Å². The van der Waals surface area contributed by atoms with Gasteiger partial charge in [-0.15, -0.1) is 0 Å². The molecule has 0 radical (unpaired) electrons. The van der Waals surface area contributed by atoms with E-state index in [4.69, 9.17) is 0 Å². The van der Waals surface area contributed by atoms with Gasteiger partial charge in [0.25, 0.3) is 0 Å². The minimum atomic E-state index is -0.555. The largest absolute Gasteiger partial charge is 0.0923 e. The normalized spacial score (nSPS) is 36.4. The van der Waals surface area contributed by atoms with Crippen molar-refractivity contribution in [2.24, 2.45) is 23.7 Å². The number of hydrogen-bond acceptors (Lipinski definition) is 0. The van der Waals surface area contributed by atoms with Crippen molar-refractivity contribution in [1.29, 1.82) is 0 Å². The van der Waals surface area contributed by atoms with Crippen LogP contribution < -0.4 is 10.6 Å². The monoisotopic (exact) mass is 574 g/mol. The van der Waals surface area contributed by atoms with Crippen LogP contribution in [0, 0.1) is 23.7 Å². The molecule has 6 aliphatic rings. The molecule has 6 aliphatic carbocycles. The van der Waals surface area contributed by atoms with Crippen LogP contribution in [0.2, 0.25) is 0 Å². The maximum Gasteiger partial charge on any atom is 0.0310 e. The van der Waals surface area contributed by atoms with E-state index in [9.17, 15) is 0 Å². The van der Waals surface area contributed by atoms with Crippen LogP contribution in [-0.2, 0) is 0 Å². The van der Waals surface area contributed by atoms with E-state index in [0.29, 0.717) is 11.3 Å². The summed E-state index contributed by atoms with van der Waals surface area (Å²) in [6.45, 7) is 2.68. The van der Waals surface area contributed by atoms with E-state index in [1.54, 1.807) is 42.4 Å². The molecular formula is C39H44P2. The van der Waals surface area contributed by atoms with E-state index in [1.807, 2.05) is 0 Å². The zero-order valence-corrected chi connectivity index (χ0v) is 26.3. The molecule has 8 rings (SSSR count). The molecule has 0 nitrogen and oxygen atoms in total. The Kier molecular flexibility index (Phi) is 7.30. The van der Waals surface area contributed by atoms with Gasteiger partial charge in [-0.2, -0.15) is 0 Å². The first-order valence-corrected chi connectivity index (χ1v) is 19.3. The summed E-state index contributed by atoms with van der Waals surface area (Å²) in [4.78, 5) is 0. The minimum Gasteiger partial charge on any atom is -0.0923 e. The SMILES string of the molecule is C[C@H](C1=CC=C/C1=C1/C=CC=CC1P(c1ccccc1)c1ccccc1)P(C1C[C@@H]2CC[C@H]1C2)C1C[C@@H]2CC[C@H]1C2. The number of fused-ring (bicyclic) bond motifs is 4. The molecule has 0 aromatic heterocycles. The fourth-order valence-electron chi connectivity index (χ4n) is 9.85. The molecule has 0 heterocycles. The smallest absolute Gasteiger partial charge is 0.0310 e. The summed E-state index contributed by atoms with van der Waals surface area (Å²) in [6, 6.07) is 22.7. The third kappa shape index (κ3) is 4.83. The van der Waals surface area contributed by atoms with Crippen molar-refractivity contribution in [3.8, 4) is 0 Å². The molecule has 41 heavy (non-hydrogen) atoms. The molecule has 4 fully saturated rings. The van der Waals surface area contributed by atoms with Crippen molar-refractivity contribution < 1.29 is 0 Å². The van der Waals surface area contributed by atoms with Crippen LogP contribution >= 0.6 is 15.8 Å². The Morgan fingerprint density at radius 2 is 1.27 bits per heavy atom. The molecule has 0 N–H and O–H groups in total. The molecule has 0 spiro atoms. The summed E-state index contributed by atoms with van der Waals surface area (Å²) >= 11 is 0. The highest BCUT2D eigenvalue weighted by Gasteiger charge is 2.52. The lowest BCUT2D eigenvalue weighted by atomic mass is 9.95. The zero-order valence-electron chi connectivity index (χ0n) is 24.5. The van der Waals surface area contributed by atoms with Crippen LogP contribution in [0.3, 0.4) is 0 Å². The van der Waals surface area contributed by atoms with E-state index in [-0.39, 0.29) is 7.92 Å². The van der Waals surface area contributed by atoms with Crippen LogP contribution in [0.25, 0.3) is 0 Å². The maximum atomic E-state index is 2.68. The lowest BCUT2D eigenvalue weighted by molar-refractivity contribution is 0.459. The van der Waals surface area contributed by atoms with Crippen molar-refractivity contribution in [2.45, 2.75) is 80.9 Å². The van der Waals surface area contributed by atoms with Crippen molar-refractivity contribution >= 4 is 26.5 Å². The summed E-state index contributed by atoms with van der Waals surface area (Å²) < 4.78 is 0. The van der Waals surface area contributed by atoms with Gasteiger partial charge >= 0.3 is 0 Å². The second kappa shape index (κ2) is 11.3. The van der Waals surface area contributed by atoms with Crippen molar-refractivity contribution in [2.75, 3.05) is 0 Å². The van der Waals surface area contributed by atoms with Crippen LogP contribution in [0.5, 0.6) is 0 Å². The molecular weight excluding hydrogens is 530 g/mol. The van der Waals surface area contributed by atoms with Crippen molar-refractivity contribution in [3.63, 3.8) is 0 Å². The Hall–Kier alpha value is -2.00. The quantitative estimate of drug-likeness (QED) is 0.289. The molecule has 0 aliphatic heterocycles. The fourth-order valence-corrected chi connectivity index (χ4v) is 17.3. The Bertz CT molecular complexity index is 1340. The predicted molar refractivity (Wildman–Crippen MR) is 180 cm³/mol. The highest BCUT2D eigenvalue weighted by atomic mass is 31.1. The van der Waals surface area contributed by atoms with Gasteiger partial charge in [0.05, 0.1) is 0 Å². The lowest BCUT2D eigenvalue weighted by Gasteiger charge is -2.43. The summed E-state index contributed by atoms with van der Waals surface area (Å²) in [5, 5.41) is 2.95. The Morgan fingerprint density at radius 1 is 0.659 bits per heavy atom. The van der Waals surface area contributed by atoms with Gasteiger partial charge in [0.15, 0.2) is 0 Å². The number of allylic oxidation sites excluding steroid dienone is 10. The van der Waals surface area contributed by atoms with Crippen LogP contribution in [0.15, 0.2) is 120 Å². The molecule has 0 amide bonds. The van der Waals surface area contributed by atoms with Gasteiger partial charge in [0, 0.05) is 11.3 Å². The van der Waals surface area contributed by atoms with Gasteiger partial charge in [0.2, 0.25) is 0 Å². The van der Waals surface area contributed by atoms with Crippen molar-refractivity contribution in [1.82, 2.24) is 0 Å². The lowest BCUT2D eigenvalue weighted by Crippen LogP contribution is -2.30. The molecule has 2 aromatic rings. The van der Waals surface area contributed by atoms with E-state index >= 15 is 0 Å². The average Bonchev–Trinajstić information content (AvgIpc) is 3.86. The van der Waals surface area contributed by atoms with E-state index in [2.05, 4.69) is 110 Å². The molecule has 3 unspecified atom stereocenters. The predicted octanol–water partition coefficient (Wildman–Crippen LogP) is 9.65. The maximum absolute atomic E-state index is 2.68. The van der Waals surface area contributed by atoms with Gasteiger partial charge in [-0.25, -0.2) is 0 Å². The van der Waals surface area contributed by atoms with E-state index in [0.717, 1.165) is 35.0 Å². The number of rotatable bonds is 7. The van der Waals surface area contributed by atoms with Gasteiger partial charge in [-0.1, -0.05) is 131 Å². The highest BCUT2D eigenvalue weighted by Crippen LogP contribution is 2.70. The third-order valence-electron chi connectivity index (χ3n) is 11.6. The molecule has 210 valence electrons. The van der Waals surface area contributed by atoms with Gasteiger partial charge in [-0.05, 0) is 109 Å². The summed E-state index contributed by atoms with van der Waals surface area (Å²) in [7, 11) is -0.564. The molecule has 0 saturated heterocycles. The number of benzene rings is 2. The Labute approximate surface area is 250 Å². The Morgan fingerprint density at radius 3 is 1.80 bits per heavy atom. The van der Waals surface area contributed by atoms with E-state index in [1.165, 1.54) is 36.3 Å². The highest BCUT2D eigenvalue weighted by molar-refractivity contribution is 7.74. The number of hydrogen-bond donors (Lipinski definition) is 0. The standard InChI is InChI=1S/C39H44P2/c1-27(40(38-25-28-19-21-30(38)23-28)39-26-29-20-22-31(39)24-29)34-16-10-17-35(34)36-15-8-9-18-37(36)41(32-11-4-2-5-12-32)33-13-6-3-7-14-33/h2-18,27-31,37-39H,19-26H2,1H3/b36-35+/t27-,28-,29-,30+,31+,37?,38?,39?,40?/m1/s1. The molecule has 4 saturated carbocycles. The minimum absolute atomic E-state index is 0.00877. The first-order valence-electron chi connectivity index (χ1n) is 16.4. The van der Waals surface area contributed by atoms with Gasteiger partial charge in [0.1, 0.15) is 0 Å². The van der Waals surface area contributed by atoms with Crippen LogP contribution in [-0.4, -0.2) is 22.6 Å². The first kappa shape index (κ1) is 26.6.